The first-order valence-corrected chi connectivity index (χ1v) is 8.76. The Bertz CT molecular complexity index is 866. The highest BCUT2D eigenvalue weighted by molar-refractivity contribution is 5.95. The number of benzene rings is 2. The molecular weight excluding hydrogens is 364 g/mol. The van der Waals surface area contributed by atoms with Crippen LogP contribution in [-0.2, 0) is 14.3 Å². The quantitative estimate of drug-likeness (QED) is 0.306. The average molecular weight is 386 g/mol. The summed E-state index contributed by atoms with van der Waals surface area (Å²) in [6.07, 6.45) is 0.543. The molecule has 0 spiro atoms. The predicted octanol–water partition coefficient (Wildman–Crippen LogP) is 3.55. The van der Waals surface area contributed by atoms with Gasteiger partial charge in [0, 0.05) is 12.5 Å². The fraction of sp³-hybridized carbons (Fsp3) is 0.300. The van der Waals surface area contributed by atoms with Crippen molar-refractivity contribution in [1.82, 2.24) is 0 Å². The number of nitrogens with one attached hydrogen (secondary N) is 1. The highest BCUT2D eigenvalue weighted by Crippen LogP contribution is 2.27. The molecule has 0 radical (unpaired) electrons. The number of carbonyl (C=O) groups is 2. The van der Waals surface area contributed by atoms with E-state index in [2.05, 4.69) is 5.32 Å². The number of esters is 1. The van der Waals surface area contributed by atoms with Crippen molar-refractivity contribution < 1.29 is 24.0 Å². The lowest BCUT2D eigenvalue weighted by molar-refractivity contribution is -0.384. The number of para-hydroxylation sites is 1. The van der Waals surface area contributed by atoms with Crippen LogP contribution >= 0.6 is 0 Å². The lowest BCUT2D eigenvalue weighted by atomic mass is 10.1. The Balaban J connectivity index is 1.73. The monoisotopic (exact) mass is 386 g/mol. The van der Waals surface area contributed by atoms with Crippen LogP contribution in [0.3, 0.4) is 0 Å². The zero-order valence-corrected chi connectivity index (χ0v) is 15.8. The summed E-state index contributed by atoms with van der Waals surface area (Å²) in [4.78, 5) is 34.2. The van der Waals surface area contributed by atoms with Gasteiger partial charge in [-0.25, -0.2) is 0 Å². The number of rotatable bonds is 9. The molecule has 0 fully saturated rings. The van der Waals surface area contributed by atoms with Gasteiger partial charge in [0.05, 0.1) is 11.5 Å². The van der Waals surface area contributed by atoms with Crippen LogP contribution in [0, 0.1) is 24.0 Å². The van der Waals surface area contributed by atoms with Gasteiger partial charge in [-0.2, -0.15) is 0 Å². The molecule has 0 aliphatic carbocycles. The number of hydrogen-bond donors (Lipinski definition) is 1. The van der Waals surface area contributed by atoms with Crippen LogP contribution in [0.4, 0.5) is 11.4 Å². The van der Waals surface area contributed by atoms with Gasteiger partial charge in [-0.05, 0) is 43.5 Å². The van der Waals surface area contributed by atoms with Crippen molar-refractivity contribution in [1.29, 1.82) is 0 Å². The normalized spacial score (nSPS) is 10.2. The molecule has 0 saturated carbocycles. The highest BCUT2D eigenvalue weighted by Gasteiger charge is 2.18. The van der Waals surface area contributed by atoms with E-state index in [1.165, 1.54) is 12.1 Å². The van der Waals surface area contributed by atoms with Gasteiger partial charge in [-0.15, -0.1) is 0 Å². The van der Waals surface area contributed by atoms with E-state index in [9.17, 15) is 19.7 Å². The van der Waals surface area contributed by atoms with E-state index in [0.29, 0.717) is 18.6 Å². The molecule has 1 N–H and O–H groups in total. The standard InChI is InChI=1S/C20H22N2O6/c1-14-6-3-8-16(12-14)27-11-5-10-19(24)28-13-18(23)21-20-15(2)7-4-9-17(20)22(25)26/h3-4,6-9,12H,5,10-11,13H2,1-2H3,(H,21,23). The molecule has 0 bridgehead atoms. The van der Waals surface area contributed by atoms with E-state index >= 15 is 0 Å². The topological polar surface area (TPSA) is 108 Å². The minimum atomic E-state index is -0.637. The van der Waals surface area contributed by atoms with Crippen molar-refractivity contribution in [3.63, 3.8) is 0 Å². The molecule has 148 valence electrons. The van der Waals surface area contributed by atoms with E-state index in [0.717, 1.165) is 11.3 Å². The van der Waals surface area contributed by atoms with Gasteiger partial charge in [0.2, 0.25) is 0 Å². The molecule has 0 aliphatic heterocycles. The zero-order valence-electron chi connectivity index (χ0n) is 15.8. The number of nitrogens with zero attached hydrogens (tertiary/aromatic N) is 1. The minimum Gasteiger partial charge on any atom is -0.494 e. The Morgan fingerprint density at radius 1 is 1.14 bits per heavy atom. The smallest absolute Gasteiger partial charge is 0.306 e. The maximum Gasteiger partial charge on any atom is 0.306 e. The molecule has 28 heavy (non-hydrogen) atoms. The number of anilines is 1. The summed E-state index contributed by atoms with van der Waals surface area (Å²) in [6, 6.07) is 12.0. The van der Waals surface area contributed by atoms with Crippen LogP contribution in [0.15, 0.2) is 42.5 Å². The SMILES string of the molecule is Cc1cccc(OCCCC(=O)OCC(=O)Nc2c(C)cccc2[N+](=O)[O-])c1. The number of ether oxygens (including phenoxy) is 2. The highest BCUT2D eigenvalue weighted by atomic mass is 16.6. The summed E-state index contributed by atoms with van der Waals surface area (Å²) >= 11 is 0. The van der Waals surface area contributed by atoms with E-state index in [1.54, 1.807) is 13.0 Å². The first-order valence-electron chi connectivity index (χ1n) is 8.76. The summed E-state index contributed by atoms with van der Waals surface area (Å²) < 4.78 is 10.5. The van der Waals surface area contributed by atoms with Gasteiger partial charge in [-0.3, -0.25) is 19.7 Å². The van der Waals surface area contributed by atoms with Crippen molar-refractivity contribution in [2.45, 2.75) is 26.7 Å². The van der Waals surface area contributed by atoms with Gasteiger partial charge in [0.1, 0.15) is 11.4 Å². The van der Waals surface area contributed by atoms with Gasteiger partial charge in [0.15, 0.2) is 6.61 Å². The molecule has 0 heterocycles. The molecular formula is C20H22N2O6. The third-order valence-electron chi connectivity index (χ3n) is 3.86. The Kier molecular flexibility index (Phi) is 7.50. The van der Waals surface area contributed by atoms with Crippen molar-refractivity contribution in [2.24, 2.45) is 0 Å². The molecule has 0 atom stereocenters. The molecule has 2 rings (SSSR count). The Labute approximate surface area is 162 Å². The van der Waals surface area contributed by atoms with Crippen molar-refractivity contribution in [3.8, 4) is 5.75 Å². The van der Waals surface area contributed by atoms with E-state index in [-0.39, 0.29) is 17.8 Å². The second-order valence-corrected chi connectivity index (χ2v) is 6.20. The lowest BCUT2D eigenvalue weighted by Crippen LogP contribution is -2.22. The van der Waals surface area contributed by atoms with E-state index in [1.807, 2.05) is 31.2 Å². The third kappa shape index (κ3) is 6.39. The van der Waals surface area contributed by atoms with Crippen molar-refractivity contribution >= 4 is 23.3 Å². The molecule has 0 unspecified atom stereocenters. The maximum atomic E-state index is 12.0. The number of nitro groups is 1. The minimum absolute atomic E-state index is 0.0973. The first-order chi connectivity index (χ1) is 13.4. The summed E-state index contributed by atoms with van der Waals surface area (Å²) in [5.74, 6) is -0.448. The van der Waals surface area contributed by atoms with E-state index < -0.39 is 23.4 Å². The van der Waals surface area contributed by atoms with Gasteiger partial charge < -0.3 is 14.8 Å². The van der Waals surface area contributed by atoms with Gasteiger partial charge in [0.25, 0.3) is 11.6 Å². The molecule has 2 aromatic carbocycles. The zero-order chi connectivity index (χ0) is 20.5. The average Bonchev–Trinajstić information content (AvgIpc) is 2.65. The number of nitro benzene ring substituents is 1. The Morgan fingerprint density at radius 3 is 2.61 bits per heavy atom. The fourth-order valence-corrected chi connectivity index (χ4v) is 2.47. The molecule has 0 aliphatic rings. The Hall–Kier alpha value is -3.42. The first kappa shape index (κ1) is 20.9. The maximum absolute atomic E-state index is 12.0. The molecule has 8 nitrogen and oxygen atoms in total. The van der Waals surface area contributed by atoms with Crippen LogP contribution in [0.5, 0.6) is 5.75 Å². The predicted molar refractivity (Wildman–Crippen MR) is 103 cm³/mol. The third-order valence-corrected chi connectivity index (χ3v) is 3.86. The van der Waals surface area contributed by atoms with Gasteiger partial charge in [-0.1, -0.05) is 24.3 Å². The Morgan fingerprint density at radius 2 is 1.89 bits per heavy atom. The number of amides is 1. The lowest BCUT2D eigenvalue weighted by Gasteiger charge is -2.10. The van der Waals surface area contributed by atoms with Crippen LogP contribution in [0.1, 0.15) is 24.0 Å². The fourth-order valence-electron chi connectivity index (χ4n) is 2.47. The number of hydrogen-bond acceptors (Lipinski definition) is 6. The van der Waals surface area contributed by atoms with E-state index in [4.69, 9.17) is 9.47 Å². The number of aryl methyl sites for hydroxylation is 2. The second kappa shape index (κ2) is 10.1. The van der Waals surface area contributed by atoms with Crippen molar-refractivity contribution in [3.05, 3.63) is 63.7 Å². The number of carbonyl (C=O) groups excluding carboxylic acids is 2. The van der Waals surface area contributed by atoms with Gasteiger partial charge >= 0.3 is 5.97 Å². The van der Waals surface area contributed by atoms with Crippen LogP contribution in [0.25, 0.3) is 0 Å². The second-order valence-electron chi connectivity index (χ2n) is 6.20. The molecule has 2 aromatic rings. The summed E-state index contributed by atoms with van der Waals surface area (Å²) in [5.41, 5.74) is 1.51. The molecule has 8 heteroatoms. The summed E-state index contributed by atoms with van der Waals surface area (Å²) in [7, 11) is 0. The van der Waals surface area contributed by atoms with Crippen molar-refractivity contribution in [2.75, 3.05) is 18.5 Å². The summed E-state index contributed by atoms with van der Waals surface area (Å²) in [5, 5.41) is 13.5. The van der Waals surface area contributed by atoms with Crippen LogP contribution in [-0.4, -0.2) is 30.0 Å². The molecule has 0 aromatic heterocycles. The molecule has 0 saturated heterocycles. The van der Waals surface area contributed by atoms with Crippen LogP contribution < -0.4 is 10.1 Å². The largest absolute Gasteiger partial charge is 0.494 e. The summed E-state index contributed by atoms with van der Waals surface area (Å²) in [6.45, 7) is 3.44. The molecule has 1 amide bonds. The van der Waals surface area contributed by atoms with Crippen LogP contribution in [0.2, 0.25) is 0 Å².